The normalized spacial score (nSPS) is 11.1. The van der Waals surface area contributed by atoms with Crippen molar-refractivity contribution in [2.75, 3.05) is 32.5 Å². The largest absolute Gasteiger partial charge is 0.368 e. The van der Waals surface area contributed by atoms with Crippen molar-refractivity contribution < 1.29 is 0 Å². The summed E-state index contributed by atoms with van der Waals surface area (Å²) in [6.45, 7) is 1.79. The molecule has 0 aliphatic heterocycles. The van der Waals surface area contributed by atoms with Crippen LogP contribution in [0.1, 0.15) is 5.56 Å². The first kappa shape index (κ1) is 13.8. The van der Waals surface area contributed by atoms with Gasteiger partial charge in [0.25, 0.3) is 0 Å². The van der Waals surface area contributed by atoms with Gasteiger partial charge < -0.3 is 10.2 Å². The molecule has 0 spiro atoms. The fourth-order valence-corrected chi connectivity index (χ4v) is 3.16. The third-order valence-corrected chi connectivity index (χ3v) is 4.16. The van der Waals surface area contributed by atoms with E-state index in [4.69, 9.17) is 10.2 Å². The second-order valence-electron chi connectivity index (χ2n) is 5.23. The summed E-state index contributed by atoms with van der Waals surface area (Å²) < 4.78 is 0. The van der Waals surface area contributed by atoms with E-state index in [1.807, 2.05) is 18.2 Å². The zero-order valence-electron chi connectivity index (χ0n) is 12.1. The van der Waals surface area contributed by atoms with Gasteiger partial charge in [-0.1, -0.05) is 6.07 Å². The molecule has 1 N–H and O–H groups in total. The van der Waals surface area contributed by atoms with Gasteiger partial charge in [-0.25, -0.2) is 4.98 Å². The molecule has 1 aromatic carbocycles. The van der Waals surface area contributed by atoms with Crippen LogP contribution in [0.5, 0.6) is 0 Å². The minimum atomic E-state index is 0.642. The summed E-state index contributed by atoms with van der Waals surface area (Å²) in [5.41, 5.74) is 1.51. The molecule has 0 fully saturated rings. The van der Waals surface area contributed by atoms with Crippen LogP contribution < -0.4 is 5.32 Å². The van der Waals surface area contributed by atoms with E-state index < -0.39 is 0 Å². The number of nitriles is 1. The van der Waals surface area contributed by atoms with E-state index in [0.717, 1.165) is 35.2 Å². The Labute approximate surface area is 127 Å². The Kier molecular flexibility index (Phi) is 3.74. The van der Waals surface area contributed by atoms with E-state index in [9.17, 15) is 0 Å². The average molecular weight is 296 g/mol. The van der Waals surface area contributed by atoms with Crippen molar-refractivity contribution in [3.8, 4) is 6.07 Å². The molecule has 2 aromatic heterocycles. The molecule has 3 rings (SSSR count). The maximum absolute atomic E-state index is 9.05. The van der Waals surface area contributed by atoms with Crippen molar-refractivity contribution in [3.63, 3.8) is 0 Å². The Morgan fingerprint density at radius 2 is 2.05 bits per heavy atom. The summed E-state index contributed by atoms with van der Waals surface area (Å²) in [5, 5.41) is 20.2. The summed E-state index contributed by atoms with van der Waals surface area (Å²) in [5.74, 6) is 0.899. The number of nitrogens with one attached hydrogen (secondary N) is 1. The summed E-state index contributed by atoms with van der Waals surface area (Å²) in [7, 11) is 4.10. The van der Waals surface area contributed by atoms with Gasteiger partial charge in [-0.15, -0.1) is 0 Å². The van der Waals surface area contributed by atoms with Crippen LogP contribution >= 0.6 is 11.3 Å². The predicted octanol–water partition coefficient (Wildman–Crippen LogP) is 3.29. The third-order valence-electron chi connectivity index (χ3n) is 3.42. The molecule has 0 saturated carbocycles. The van der Waals surface area contributed by atoms with E-state index in [2.05, 4.69) is 41.1 Å². The summed E-state index contributed by atoms with van der Waals surface area (Å²) >= 11 is 1.68. The molecule has 0 saturated heterocycles. The molecule has 0 radical (unpaired) electrons. The molecule has 0 bridgehead atoms. The first-order valence-electron chi connectivity index (χ1n) is 6.77. The van der Waals surface area contributed by atoms with Gasteiger partial charge in [-0.05, 0) is 31.6 Å². The molecule has 21 heavy (non-hydrogen) atoms. The maximum atomic E-state index is 9.05. The van der Waals surface area contributed by atoms with Crippen LogP contribution in [0.15, 0.2) is 29.0 Å². The monoisotopic (exact) mass is 296 g/mol. The Hall–Kier alpha value is -2.16. The highest BCUT2D eigenvalue weighted by molar-refractivity contribution is 7.09. The van der Waals surface area contributed by atoms with Crippen molar-refractivity contribution in [3.05, 3.63) is 34.5 Å². The second kappa shape index (κ2) is 5.68. The molecule has 0 aliphatic carbocycles. The Balaban J connectivity index is 2.09. The zero-order valence-corrected chi connectivity index (χ0v) is 12.9. The minimum Gasteiger partial charge on any atom is -0.368 e. The van der Waals surface area contributed by atoms with E-state index in [1.165, 1.54) is 5.39 Å². The molecule has 0 unspecified atom stereocenters. The van der Waals surface area contributed by atoms with Gasteiger partial charge in [0.05, 0.1) is 17.1 Å². The zero-order chi connectivity index (χ0) is 14.8. The van der Waals surface area contributed by atoms with Gasteiger partial charge in [0.1, 0.15) is 5.82 Å². The van der Waals surface area contributed by atoms with Gasteiger partial charge >= 0.3 is 0 Å². The van der Waals surface area contributed by atoms with Crippen LogP contribution in [-0.4, -0.2) is 37.1 Å². The van der Waals surface area contributed by atoms with Crippen LogP contribution in [0, 0.1) is 11.3 Å². The quantitative estimate of drug-likeness (QED) is 0.802. The number of nitrogens with zero attached hydrogens (tertiary/aromatic N) is 3. The first-order valence-corrected chi connectivity index (χ1v) is 7.71. The lowest BCUT2D eigenvalue weighted by Crippen LogP contribution is -2.21. The number of hydrogen-bond acceptors (Lipinski definition) is 5. The fourth-order valence-electron chi connectivity index (χ4n) is 2.32. The van der Waals surface area contributed by atoms with Crippen LogP contribution in [-0.2, 0) is 0 Å². The summed E-state index contributed by atoms with van der Waals surface area (Å²) in [6, 6.07) is 7.86. The SMILES string of the molecule is CN(C)CCNc1nc2cc(C#N)ccc2c2cscc12. The molecule has 4 nitrogen and oxygen atoms in total. The standard InChI is InChI=1S/C16H16N4S/c1-20(2)6-5-18-16-14-10-21-9-13(14)12-4-3-11(8-17)7-15(12)19-16/h3-4,7,9-10H,5-6H2,1-2H3,(H,18,19). The molecular weight excluding hydrogens is 280 g/mol. The van der Waals surface area contributed by atoms with Gasteiger partial charge in [0, 0.05) is 34.6 Å². The van der Waals surface area contributed by atoms with Crippen LogP contribution in [0.4, 0.5) is 5.82 Å². The van der Waals surface area contributed by atoms with Crippen LogP contribution in [0.25, 0.3) is 21.7 Å². The second-order valence-corrected chi connectivity index (χ2v) is 5.98. The first-order chi connectivity index (χ1) is 10.2. The average Bonchev–Trinajstić information content (AvgIpc) is 2.96. The number of aromatic nitrogens is 1. The number of benzene rings is 1. The third kappa shape index (κ3) is 2.68. The number of thiophene rings is 1. The van der Waals surface area contributed by atoms with E-state index in [1.54, 1.807) is 11.3 Å². The lowest BCUT2D eigenvalue weighted by Gasteiger charge is -2.12. The van der Waals surface area contributed by atoms with E-state index in [0.29, 0.717) is 5.56 Å². The molecule has 106 valence electrons. The summed E-state index contributed by atoms with van der Waals surface area (Å²) in [4.78, 5) is 6.84. The Morgan fingerprint density at radius 3 is 2.81 bits per heavy atom. The molecule has 5 heteroatoms. The molecule has 3 aromatic rings. The molecule has 0 aliphatic rings. The molecule has 0 atom stereocenters. The molecule has 2 heterocycles. The van der Waals surface area contributed by atoms with Crippen molar-refractivity contribution in [1.29, 1.82) is 5.26 Å². The van der Waals surface area contributed by atoms with Crippen molar-refractivity contribution in [2.24, 2.45) is 0 Å². The highest BCUT2D eigenvalue weighted by atomic mass is 32.1. The van der Waals surface area contributed by atoms with Gasteiger partial charge in [0.2, 0.25) is 0 Å². The van der Waals surface area contributed by atoms with Crippen molar-refractivity contribution in [1.82, 2.24) is 9.88 Å². The molecular formula is C16H16N4S. The topological polar surface area (TPSA) is 52.0 Å². The van der Waals surface area contributed by atoms with Gasteiger partial charge in [0.15, 0.2) is 0 Å². The Morgan fingerprint density at radius 1 is 1.24 bits per heavy atom. The highest BCUT2D eigenvalue weighted by Crippen LogP contribution is 2.32. The van der Waals surface area contributed by atoms with Gasteiger partial charge in [-0.2, -0.15) is 16.6 Å². The number of fused-ring (bicyclic) bond motifs is 3. The van der Waals surface area contributed by atoms with Crippen molar-refractivity contribution in [2.45, 2.75) is 0 Å². The van der Waals surface area contributed by atoms with Crippen molar-refractivity contribution >= 4 is 38.8 Å². The van der Waals surface area contributed by atoms with Crippen LogP contribution in [0.2, 0.25) is 0 Å². The van der Waals surface area contributed by atoms with Gasteiger partial charge in [-0.3, -0.25) is 0 Å². The van der Waals surface area contributed by atoms with E-state index in [-0.39, 0.29) is 0 Å². The number of likely N-dealkylation sites (N-methyl/N-ethyl adjacent to an activating group) is 1. The fraction of sp³-hybridized carbons (Fsp3) is 0.250. The van der Waals surface area contributed by atoms with Crippen LogP contribution in [0.3, 0.4) is 0 Å². The number of rotatable bonds is 4. The lowest BCUT2D eigenvalue weighted by atomic mass is 10.1. The number of pyridine rings is 1. The maximum Gasteiger partial charge on any atom is 0.135 e. The number of hydrogen-bond donors (Lipinski definition) is 1. The predicted molar refractivity (Wildman–Crippen MR) is 88.9 cm³/mol. The highest BCUT2D eigenvalue weighted by Gasteiger charge is 2.09. The summed E-state index contributed by atoms with van der Waals surface area (Å²) in [6.07, 6.45) is 0. The number of anilines is 1. The smallest absolute Gasteiger partial charge is 0.135 e. The minimum absolute atomic E-state index is 0.642. The molecule has 0 amide bonds. The Bertz CT molecular complexity index is 829. The van der Waals surface area contributed by atoms with E-state index >= 15 is 0 Å². The lowest BCUT2D eigenvalue weighted by molar-refractivity contribution is 0.425.